The average Bonchev–Trinajstić information content (AvgIpc) is 3.51. The van der Waals surface area contributed by atoms with E-state index in [-0.39, 0.29) is 17.9 Å². The average molecular weight is 426 g/mol. The second-order valence-electron chi connectivity index (χ2n) is 9.12. The maximum absolute atomic E-state index is 13.1. The van der Waals surface area contributed by atoms with Crippen molar-refractivity contribution in [2.75, 3.05) is 13.1 Å². The fourth-order valence-corrected chi connectivity index (χ4v) is 5.21. The molecule has 0 spiro atoms. The summed E-state index contributed by atoms with van der Waals surface area (Å²) in [5.41, 5.74) is 4.83. The minimum absolute atomic E-state index is 0.0535. The lowest BCUT2D eigenvalue weighted by Crippen LogP contribution is -2.35. The van der Waals surface area contributed by atoms with Crippen molar-refractivity contribution in [1.29, 1.82) is 0 Å². The highest BCUT2D eigenvalue weighted by molar-refractivity contribution is 5.80. The molecule has 7 nitrogen and oxygen atoms in total. The number of likely N-dealkylation sites (tertiary alicyclic amines) is 1. The molecule has 1 aliphatic carbocycles. The Morgan fingerprint density at radius 1 is 1.16 bits per heavy atom. The van der Waals surface area contributed by atoms with Gasteiger partial charge in [0.25, 0.3) is 0 Å². The van der Waals surface area contributed by atoms with E-state index in [9.17, 15) is 9.59 Å². The molecule has 1 atom stereocenters. The molecule has 168 valence electrons. The zero-order valence-corrected chi connectivity index (χ0v) is 19.1. The van der Waals surface area contributed by atoms with E-state index in [0.29, 0.717) is 25.3 Å². The SMILES string of the molecule is CCCNC(=O)CCc1c(C)nc2cc(C3CCCN3C(=O)C3CCCC3)nn2c1C. The molecule has 2 amide bonds. The van der Waals surface area contributed by atoms with Crippen molar-refractivity contribution in [2.45, 2.75) is 84.6 Å². The van der Waals surface area contributed by atoms with E-state index in [0.717, 1.165) is 66.9 Å². The van der Waals surface area contributed by atoms with E-state index < -0.39 is 0 Å². The Bertz CT molecular complexity index is 961. The molecular weight excluding hydrogens is 390 g/mol. The summed E-state index contributed by atoms with van der Waals surface area (Å²) in [6, 6.07) is 2.10. The van der Waals surface area contributed by atoms with Crippen molar-refractivity contribution in [1.82, 2.24) is 24.8 Å². The zero-order chi connectivity index (χ0) is 22.0. The third kappa shape index (κ3) is 4.46. The Morgan fingerprint density at radius 3 is 2.68 bits per heavy atom. The number of hydrogen-bond donors (Lipinski definition) is 1. The van der Waals surface area contributed by atoms with Crippen LogP contribution in [0.5, 0.6) is 0 Å². The van der Waals surface area contributed by atoms with Gasteiger partial charge < -0.3 is 10.2 Å². The first-order chi connectivity index (χ1) is 15.0. The van der Waals surface area contributed by atoms with Crippen molar-refractivity contribution in [3.63, 3.8) is 0 Å². The number of aryl methyl sites for hydroxylation is 2. The number of carbonyl (C=O) groups excluding carboxylic acids is 2. The van der Waals surface area contributed by atoms with Crippen molar-refractivity contribution in [3.8, 4) is 0 Å². The Morgan fingerprint density at radius 2 is 1.94 bits per heavy atom. The number of carbonyl (C=O) groups is 2. The summed E-state index contributed by atoms with van der Waals surface area (Å²) in [6.07, 6.45) is 8.44. The summed E-state index contributed by atoms with van der Waals surface area (Å²) >= 11 is 0. The normalized spacial score (nSPS) is 19.5. The lowest BCUT2D eigenvalue weighted by atomic mass is 10.1. The second-order valence-corrected chi connectivity index (χ2v) is 9.12. The number of aromatic nitrogens is 3. The number of rotatable bonds is 7. The Hall–Kier alpha value is -2.44. The van der Waals surface area contributed by atoms with E-state index in [1.807, 2.05) is 24.4 Å². The minimum Gasteiger partial charge on any atom is -0.356 e. The van der Waals surface area contributed by atoms with E-state index in [4.69, 9.17) is 10.1 Å². The highest BCUT2D eigenvalue weighted by Crippen LogP contribution is 2.36. The molecule has 31 heavy (non-hydrogen) atoms. The van der Waals surface area contributed by atoms with Gasteiger partial charge in [0.2, 0.25) is 11.8 Å². The van der Waals surface area contributed by atoms with Crippen molar-refractivity contribution < 1.29 is 9.59 Å². The van der Waals surface area contributed by atoms with Gasteiger partial charge in [-0.05, 0) is 57.9 Å². The van der Waals surface area contributed by atoms with E-state index >= 15 is 0 Å². The first kappa shape index (κ1) is 21.8. The first-order valence-electron chi connectivity index (χ1n) is 11.9. The maximum Gasteiger partial charge on any atom is 0.226 e. The van der Waals surface area contributed by atoms with Gasteiger partial charge in [0.1, 0.15) is 0 Å². The molecule has 0 radical (unpaired) electrons. The number of nitrogens with one attached hydrogen (secondary N) is 1. The molecule has 0 aromatic carbocycles. The monoisotopic (exact) mass is 425 g/mol. The summed E-state index contributed by atoms with van der Waals surface area (Å²) in [6.45, 7) is 7.65. The molecule has 3 heterocycles. The predicted octanol–water partition coefficient (Wildman–Crippen LogP) is 3.66. The predicted molar refractivity (Wildman–Crippen MR) is 120 cm³/mol. The van der Waals surface area contributed by atoms with Crippen LogP contribution in [0, 0.1) is 19.8 Å². The van der Waals surface area contributed by atoms with Gasteiger partial charge in [-0.1, -0.05) is 19.8 Å². The summed E-state index contributed by atoms with van der Waals surface area (Å²) in [7, 11) is 0. The second kappa shape index (κ2) is 9.37. The van der Waals surface area contributed by atoms with Crippen molar-refractivity contribution >= 4 is 17.5 Å². The van der Waals surface area contributed by atoms with E-state index in [1.54, 1.807) is 0 Å². The van der Waals surface area contributed by atoms with Crippen LogP contribution in [0.3, 0.4) is 0 Å². The molecule has 7 heteroatoms. The van der Waals surface area contributed by atoms with Gasteiger partial charge in [-0.3, -0.25) is 9.59 Å². The van der Waals surface area contributed by atoms with Gasteiger partial charge in [0, 0.05) is 42.9 Å². The minimum atomic E-state index is 0.0535. The molecule has 1 N–H and O–H groups in total. The molecule has 1 unspecified atom stereocenters. The third-order valence-corrected chi connectivity index (χ3v) is 6.94. The number of amides is 2. The van der Waals surface area contributed by atoms with E-state index in [2.05, 4.69) is 17.1 Å². The Balaban J connectivity index is 1.55. The fraction of sp³-hybridized carbons (Fsp3) is 0.667. The van der Waals surface area contributed by atoms with Gasteiger partial charge in [-0.2, -0.15) is 5.10 Å². The van der Waals surface area contributed by atoms with E-state index in [1.165, 1.54) is 12.8 Å². The number of fused-ring (bicyclic) bond motifs is 1. The van der Waals surface area contributed by atoms with Gasteiger partial charge in [-0.15, -0.1) is 0 Å². The summed E-state index contributed by atoms with van der Waals surface area (Å²) in [5, 5.41) is 7.83. The van der Waals surface area contributed by atoms with Gasteiger partial charge >= 0.3 is 0 Å². The lowest BCUT2D eigenvalue weighted by molar-refractivity contribution is -0.136. The highest BCUT2D eigenvalue weighted by Gasteiger charge is 2.36. The molecule has 2 aromatic heterocycles. The maximum atomic E-state index is 13.1. The van der Waals surface area contributed by atoms with Crippen LogP contribution in [0.15, 0.2) is 6.07 Å². The van der Waals surface area contributed by atoms with Crippen LogP contribution in [0.1, 0.15) is 87.0 Å². The van der Waals surface area contributed by atoms with Gasteiger partial charge in [-0.25, -0.2) is 9.50 Å². The number of hydrogen-bond acceptors (Lipinski definition) is 4. The van der Waals surface area contributed by atoms with Gasteiger partial charge in [0.05, 0.1) is 11.7 Å². The molecular formula is C24H35N5O2. The molecule has 2 fully saturated rings. The topological polar surface area (TPSA) is 79.6 Å². The standard InChI is InChI=1S/C24H35N5O2/c1-4-13-25-23(30)12-11-19-16(2)26-22-15-20(27-29(22)17(19)3)21-10-7-14-28(21)24(31)18-8-5-6-9-18/h15,18,21H,4-14H2,1-3H3,(H,25,30). The Labute approximate surface area is 184 Å². The van der Waals surface area contributed by atoms with Crippen LogP contribution in [0.25, 0.3) is 5.65 Å². The quantitative estimate of drug-likeness (QED) is 0.734. The number of nitrogens with zero attached hydrogens (tertiary/aromatic N) is 4. The fourth-order valence-electron chi connectivity index (χ4n) is 5.21. The molecule has 2 aliphatic rings. The van der Waals surface area contributed by atoms with Crippen LogP contribution >= 0.6 is 0 Å². The smallest absolute Gasteiger partial charge is 0.226 e. The first-order valence-corrected chi connectivity index (χ1v) is 11.9. The molecule has 1 saturated carbocycles. The molecule has 1 aliphatic heterocycles. The summed E-state index contributed by atoms with van der Waals surface area (Å²) in [4.78, 5) is 32.0. The van der Waals surface area contributed by atoms with Crippen molar-refractivity contribution in [2.24, 2.45) is 5.92 Å². The summed E-state index contributed by atoms with van der Waals surface area (Å²) < 4.78 is 1.90. The molecule has 4 rings (SSSR count). The van der Waals surface area contributed by atoms with Crippen LogP contribution in [-0.2, 0) is 16.0 Å². The Kier molecular flexibility index (Phi) is 6.58. The van der Waals surface area contributed by atoms with Crippen LogP contribution < -0.4 is 5.32 Å². The highest BCUT2D eigenvalue weighted by atomic mass is 16.2. The van der Waals surface area contributed by atoms with Crippen LogP contribution in [0.4, 0.5) is 0 Å². The third-order valence-electron chi connectivity index (χ3n) is 6.94. The van der Waals surface area contributed by atoms with Crippen LogP contribution in [0.2, 0.25) is 0 Å². The zero-order valence-electron chi connectivity index (χ0n) is 19.1. The molecule has 0 bridgehead atoms. The van der Waals surface area contributed by atoms with Crippen LogP contribution in [-0.4, -0.2) is 44.4 Å². The van der Waals surface area contributed by atoms with Crippen molar-refractivity contribution in [3.05, 3.63) is 28.7 Å². The molecule has 2 aromatic rings. The summed E-state index contributed by atoms with van der Waals surface area (Å²) in [5.74, 6) is 0.593. The molecule has 1 saturated heterocycles. The lowest BCUT2D eigenvalue weighted by Gasteiger charge is -2.26. The largest absolute Gasteiger partial charge is 0.356 e. The van der Waals surface area contributed by atoms with Gasteiger partial charge in [0.15, 0.2) is 5.65 Å².